The summed E-state index contributed by atoms with van der Waals surface area (Å²) in [6.07, 6.45) is 6.32. The van der Waals surface area contributed by atoms with E-state index in [9.17, 15) is 4.79 Å². The van der Waals surface area contributed by atoms with Crippen LogP contribution in [0.3, 0.4) is 0 Å². The smallest absolute Gasteiger partial charge is 0.305 e. The van der Waals surface area contributed by atoms with Gasteiger partial charge in [0.1, 0.15) is 0 Å². The molecule has 0 aromatic carbocycles. The van der Waals surface area contributed by atoms with Gasteiger partial charge in [-0.15, -0.1) is 0 Å². The first-order chi connectivity index (χ1) is 5.79. The largest absolute Gasteiger partial charge is 0.466 e. The zero-order valence-electron chi connectivity index (χ0n) is 7.84. The third-order valence-corrected chi connectivity index (χ3v) is 2.43. The molecule has 0 N–H and O–H groups in total. The molecular weight excluding hydrogens is 152 g/mol. The molecule has 1 aliphatic rings. The molecule has 1 saturated heterocycles. The first kappa shape index (κ1) is 9.56. The lowest BCUT2D eigenvalue weighted by atomic mass is 9.97. The van der Waals surface area contributed by atoms with Gasteiger partial charge < -0.3 is 4.74 Å². The van der Waals surface area contributed by atoms with Crippen molar-refractivity contribution in [2.45, 2.75) is 45.4 Å². The van der Waals surface area contributed by atoms with Crippen LogP contribution in [0, 0.1) is 5.92 Å². The van der Waals surface area contributed by atoms with Gasteiger partial charge in [0.2, 0.25) is 0 Å². The van der Waals surface area contributed by atoms with Gasteiger partial charge >= 0.3 is 5.97 Å². The molecule has 1 rings (SSSR count). The average molecular weight is 170 g/mol. The Balaban J connectivity index is 2.26. The Morgan fingerprint density at radius 2 is 2.00 bits per heavy atom. The van der Waals surface area contributed by atoms with Crippen LogP contribution in [0.4, 0.5) is 0 Å². The first-order valence-corrected chi connectivity index (χ1v) is 4.94. The Morgan fingerprint density at radius 1 is 1.25 bits per heavy atom. The van der Waals surface area contributed by atoms with Gasteiger partial charge in [0.15, 0.2) is 0 Å². The van der Waals surface area contributed by atoms with Crippen LogP contribution in [0.2, 0.25) is 0 Å². The molecule has 1 heterocycles. The van der Waals surface area contributed by atoms with Crippen LogP contribution in [0.25, 0.3) is 0 Å². The van der Waals surface area contributed by atoms with Crippen molar-refractivity contribution in [1.82, 2.24) is 0 Å². The normalized spacial score (nSPS) is 27.8. The van der Waals surface area contributed by atoms with E-state index >= 15 is 0 Å². The van der Waals surface area contributed by atoms with E-state index in [0.29, 0.717) is 13.0 Å². The first-order valence-electron chi connectivity index (χ1n) is 4.94. The number of carbonyl (C=O) groups excluding carboxylic acids is 1. The van der Waals surface area contributed by atoms with Crippen molar-refractivity contribution in [3.63, 3.8) is 0 Å². The van der Waals surface area contributed by atoms with Crippen LogP contribution < -0.4 is 0 Å². The molecule has 0 saturated carbocycles. The van der Waals surface area contributed by atoms with Crippen LogP contribution in [0.1, 0.15) is 45.4 Å². The van der Waals surface area contributed by atoms with Crippen LogP contribution in [0.5, 0.6) is 0 Å². The SMILES string of the molecule is CC1CCCCOC(=O)CCC1. The number of ether oxygens (including phenoxy) is 1. The maximum absolute atomic E-state index is 11.0. The summed E-state index contributed by atoms with van der Waals surface area (Å²) in [4.78, 5) is 11.0. The maximum atomic E-state index is 11.0. The molecule has 0 bridgehead atoms. The summed E-state index contributed by atoms with van der Waals surface area (Å²) in [7, 11) is 0. The Bertz CT molecular complexity index is 143. The standard InChI is InChI=1S/C10H18O2/c1-9-5-2-3-8-12-10(11)7-4-6-9/h9H,2-8H2,1H3. The number of carbonyl (C=O) groups is 1. The van der Waals surface area contributed by atoms with E-state index in [4.69, 9.17) is 4.74 Å². The highest BCUT2D eigenvalue weighted by molar-refractivity contribution is 5.69. The highest BCUT2D eigenvalue weighted by Crippen LogP contribution is 2.16. The molecule has 1 atom stereocenters. The van der Waals surface area contributed by atoms with Gasteiger partial charge in [0.05, 0.1) is 6.61 Å². The van der Waals surface area contributed by atoms with Crippen LogP contribution in [0.15, 0.2) is 0 Å². The third-order valence-electron chi connectivity index (χ3n) is 2.43. The highest BCUT2D eigenvalue weighted by atomic mass is 16.5. The second-order valence-electron chi connectivity index (χ2n) is 3.71. The molecule has 12 heavy (non-hydrogen) atoms. The Labute approximate surface area is 74.3 Å². The quantitative estimate of drug-likeness (QED) is 0.522. The van der Waals surface area contributed by atoms with Crippen molar-refractivity contribution >= 4 is 5.97 Å². The van der Waals surface area contributed by atoms with Crippen molar-refractivity contribution in [3.8, 4) is 0 Å². The fraction of sp³-hybridized carbons (Fsp3) is 0.900. The van der Waals surface area contributed by atoms with E-state index < -0.39 is 0 Å². The van der Waals surface area contributed by atoms with Crippen LogP contribution in [-0.2, 0) is 9.53 Å². The minimum absolute atomic E-state index is 0.0101. The number of cyclic esters (lactones) is 1. The third kappa shape index (κ3) is 3.74. The fourth-order valence-corrected chi connectivity index (χ4v) is 1.59. The topological polar surface area (TPSA) is 26.3 Å². The van der Waals surface area contributed by atoms with Crippen molar-refractivity contribution in [3.05, 3.63) is 0 Å². The van der Waals surface area contributed by atoms with Gasteiger partial charge in [-0.2, -0.15) is 0 Å². The molecule has 0 aliphatic carbocycles. The molecule has 2 nitrogen and oxygen atoms in total. The number of hydrogen-bond acceptors (Lipinski definition) is 2. The Kier molecular flexibility index (Phi) is 4.12. The average Bonchev–Trinajstić information content (AvgIpc) is 2.04. The molecule has 0 radical (unpaired) electrons. The Hall–Kier alpha value is -0.530. The molecule has 1 aliphatic heterocycles. The monoisotopic (exact) mass is 170 g/mol. The molecular formula is C10H18O2. The predicted octanol–water partition coefficient (Wildman–Crippen LogP) is 2.52. The van der Waals surface area contributed by atoms with Gasteiger partial charge in [-0.3, -0.25) is 4.79 Å². The summed E-state index contributed by atoms with van der Waals surface area (Å²) >= 11 is 0. The van der Waals surface area contributed by atoms with Crippen molar-refractivity contribution in [2.75, 3.05) is 6.61 Å². The molecule has 2 heteroatoms. The molecule has 1 fully saturated rings. The second-order valence-corrected chi connectivity index (χ2v) is 3.71. The van der Waals surface area contributed by atoms with E-state index in [1.165, 1.54) is 19.3 Å². The second kappa shape index (κ2) is 5.18. The molecule has 0 spiro atoms. The summed E-state index contributed by atoms with van der Waals surface area (Å²) < 4.78 is 5.01. The summed E-state index contributed by atoms with van der Waals surface area (Å²) in [5.74, 6) is 0.778. The Morgan fingerprint density at radius 3 is 2.83 bits per heavy atom. The lowest BCUT2D eigenvalue weighted by Gasteiger charge is -2.13. The molecule has 0 aromatic rings. The molecule has 70 valence electrons. The lowest BCUT2D eigenvalue weighted by Crippen LogP contribution is -2.09. The zero-order chi connectivity index (χ0) is 8.81. The van der Waals surface area contributed by atoms with E-state index in [2.05, 4.69) is 6.92 Å². The number of hydrogen-bond donors (Lipinski definition) is 0. The minimum Gasteiger partial charge on any atom is -0.466 e. The van der Waals surface area contributed by atoms with Gasteiger partial charge in [-0.05, 0) is 25.2 Å². The van der Waals surface area contributed by atoms with Gasteiger partial charge in [-0.1, -0.05) is 19.8 Å². The highest BCUT2D eigenvalue weighted by Gasteiger charge is 2.08. The van der Waals surface area contributed by atoms with E-state index in [0.717, 1.165) is 18.8 Å². The van der Waals surface area contributed by atoms with Gasteiger partial charge in [0, 0.05) is 6.42 Å². The lowest BCUT2D eigenvalue weighted by molar-refractivity contribution is -0.144. The van der Waals surface area contributed by atoms with Gasteiger partial charge in [-0.25, -0.2) is 0 Å². The summed E-state index contributed by atoms with van der Waals surface area (Å²) in [5.41, 5.74) is 0. The van der Waals surface area contributed by atoms with E-state index in [-0.39, 0.29) is 5.97 Å². The summed E-state index contributed by atoms with van der Waals surface area (Å²) in [6.45, 7) is 2.90. The van der Waals surface area contributed by atoms with E-state index in [1.807, 2.05) is 0 Å². The molecule has 1 unspecified atom stereocenters. The maximum Gasteiger partial charge on any atom is 0.305 e. The summed E-state index contributed by atoms with van der Waals surface area (Å²) in [5, 5.41) is 0. The molecule has 0 aromatic heterocycles. The predicted molar refractivity (Wildman–Crippen MR) is 47.8 cm³/mol. The number of esters is 1. The van der Waals surface area contributed by atoms with Crippen molar-refractivity contribution in [2.24, 2.45) is 5.92 Å². The minimum atomic E-state index is -0.0101. The van der Waals surface area contributed by atoms with E-state index in [1.54, 1.807) is 0 Å². The fourth-order valence-electron chi connectivity index (χ4n) is 1.59. The van der Waals surface area contributed by atoms with Gasteiger partial charge in [0.25, 0.3) is 0 Å². The van der Waals surface area contributed by atoms with Crippen LogP contribution in [-0.4, -0.2) is 12.6 Å². The zero-order valence-corrected chi connectivity index (χ0v) is 7.84. The van der Waals surface area contributed by atoms with Crippen molar-refractivity contribution in [1.29, 1.82) is 0 Å². The number of rotatable bonds is 0. The van der Waals surface area contributed by atoms with Crippen molar-refractivity contribution < 1.29 is 9.53 Å². The summed E-state index contributed by atoms with van der Waals surface area (Å²) in [6, 6.07) is 0. The van der Waals surface area contributed by atoms with Crippen LogP contribution >= 0.6 is 0 Å². The molecule has 0 amide bonds.